The van der Waals surface area contributed by atoms with Gasteiger partial charge in [-0.2, -0.15) is 5.10 Å². The highest BCUT2D eigenvalue weighted by atomic mass is 79.9. The van der Waals surface area contributed by atoms with Gasteiger partial charge in [-0.3, -0.25) is 9.69 Å². The van der Waals surface area contributed by atoms with Crippen LogP contribution in [-0.4, -0.2) is 29.3 Å². The molecule has 5 rings (SSSR count). The Bertz CT molecular complexity index is 1660. The van der Waals surface area contributed by atoms with Crippen LogP contribution in [0.25, 0.3) is 6.08 Å². The van der Waals surface area contributed by atoms with E-state index >= 15 is 0 Å². The summed E-state index contributed by atoms with van der Waals surface area (Å²) in [5, 5.41) is 10.2. The Kier molecular flexibility index (Phi) is 9.51. The molecule has 3 aromatic carbocycles. The largest absolute Gasteiger partial charge is 0.493 e. The van der Waals surface area contributed by atoms with Crippen LogP contribution in [0.3, 0.4) is 0 Å². The first-order valence-corrected chi connectivity index (χ1v) is 14.6. The van der Waals surface area contributed by atoms with Crippen LogP contribution in [0, 0.1) is 0 Å². The topological polar surface area (TPSA) is 76.6 Å². The molecule has 7 nitrogen and oxygen atoms in total. The minimum absolute atomic E-state index is 0.177. The molecule has 208 valence electrons. The highest BCUT2D eigenvalue weighted by molar-refractivity contribution is 9.10. The van der Waals surface area contributed by atoms with Crippen molar-refractivity contribution in [2.24, 2.45) is 10.2 Å². The zero-order chi connectivity index (χ0) is 28.8. The van der Waals surface area contributed by atoms with Gasteiger partial charge in [-0.25, -0.2) is 0 Å². The molecule has 1 aliphatic heterocycles. The number of ether oxygens (including phenoxy) is 2. The van der Waals surface area contributed by atoms with E-state index < -0.39 is 0 Å². The van der Waals surface area contributed by atoms with Gasteiger partial charge in [-0.05, 0) is 83.6 Å². The lowest BCUT2D eigenvalue weighted by molar-refractivity contribution is -0.122. The van der Waals surface area contributed by atoms with Gasteiger partial charge in [-0.1, -0.05) is 57.3 Å². The van der Waals surface area contributed by atoms with Crippen LogP contribution in [0.5, 0.6) is 11.5 Å². The molecule has 0 atom stereocenters. The first-order chi connectivity index (χ1) is 19.9. The SMILES string of the molecule is COc1cc(/C=N\N=C2\S/C(=C\c3cccc(Br)c3)C(=O)N2Cc2ccco2)ccc1OCc1ccc(Cl)cc1Cl. The summed E-state index contributed by atoms with van der Waals surface area (Å²) in [6.45, 7) is 0.487. The lowest BCUT2D eigenvalue weighted by Gasteiger charge is -2.13. The summed E-state index contributed by atoms with van der Waals surface area (Å²) in [4.78, 5) is 15.4. The number of carbonyl (C=O) groups is 1. The summed E-state index contributed by atoms with van der Waals surface area (Å²) >= 11 is 17.0. The summed E-state index contributed by atoms with van der Waals surface area (Å²) in [6, 6.07) is 22.0. The van der Waals surface area contributed by atoms with Crippen LogP contribution in [0.2, 0.25) is 10.0 Å². The van der Waals surface area contributed by atoms with E-state index in [9.17, 15) is 4.79 Å². The molecule has 4 aromatic rings. The Morgan fingerprint density at radius 2 is 1.90 bits per heavy atom. The number of rotatable bonds is 9. The van der Waals surface area contributed by atoms with Crippen LogP contribution in [-0.2, 0) is 17.9 Å². The van der Waals surface area contributed by atoms with Gasteiger partial charge < -0.3 is 13.9 Å². The molecule has 0 radical (unpaired) electrons. The van der Waals surface area contributed by atoms with E-state index in [4.69, 9.17) is 37.1 Å². The van der Waals surface area contributed by atoms with Gasteiger partial charge in [0.25, 0.3) is 5.91 Å². The van der Waals surface area contributed by atoms with Crippen molar-refractivity contribution in [3.05, 3.63) is 121 Å². The fourth-order valence-electron chi connectivity index (χ4n) is 3.85. The fraction of sp³-hybridized carbons (Fsp3) is 0.100. The molecule has 0 saturated carbocycles. The number of hydrogen-bond acceptors (Lipinski definition) is 7. The van der Waals surface area contributed by atoms with E-state index in [1.54, 1.807) is 54.8 Å². The molecular formula is C30H22BrCl2N3O4S. The Morgan fingerprint density at radius 3 is 2.66 bits per heavy atom. The maximum absolute atomic E-state index is 13.3. The average Bonchev–Trinajstić information content (AvgIpc) is 3.57. The van der Waals surface area contributed by atoms with E-state index in [1.807, 2.05) is 48.5 Å². The van der Waals surface area contributed by atoms with Crippen molar-refractivity contribution < 1.29 is 18.7 Å². The third kappa shape index (κ3) is 7.42. The smallest absolute Gasteiger partial charge is 0.267 e. The van der Waals surface area contributed by atoms with Crippen molar-refractivity contribution >= 4 is 74.3 Å². The molecule has 2 heterocycles. The Hall–Kier alpha value is -3.50. The van der Waals surface area contributed by atoms with E-state index in [1.165, 1.54) is 11.8 Å². The fourth-order valence-corrected chi connectivity index (χ4v) is 5.67. The molecular weight excluding hydrogens is 649 g/mol. The number of benzene rings is 3. The first-order valence-electron chi connectivity index (χ1n) is 12.2. The van der Waals surface area contributed by atoms with Crippen LogP contribution < -0.4 is 9.47 Å². The van der Waals surface area contributed by atoms with E-state index in [2.05, 4.69) is 26.1 Å². The monoisotopic (exact) mass is 669 g/mol. The lowest BCUT2D eigenvalue weighted by Crippen LogP contribution is -2.28. The molecule has 1 aliphatic rings. The molecule has 1 amide bonds. The number of carbonyl (C=O) groups excluding carboxylic acids is 1. The summed E-state index contributed by atoms with van der Waals surface area (Å²) in [6.07, 6.45) is 4.99. The first kappa shape index (κ1) is 29.0. The van der Waals surface area contributed by atoms with Crippen LogP contribution in [0.4, 0.5) is 0 Å². The number of halogens is 3. The second kappa shape index (κ2) is 13.4. The van der Waals surface area contributed by atoms with Crippen molar-refractivity contribution in [1.82, 2.24) is 4.90 Å². The normalized spacial score (nSPS) is 15.4. The molecule has 0 bridgehead atoms. The van der Waals surface area contributed by atoms with Crippen LogP contribution in [0.1, 0.15) is 22.5 Å². The number of amidine groups is 1. The second-order valence-corrected chi connectivity index (χ2v) is 11.5. The van der Waals surface area contributed by atoms with Crippen molar-refractivity contribution in [1.29, 1.82) is 0 Å². The van der Waals surface area contributed by atoms with Gasteiger partial charge >= 0.3 is 0 Å². The predicted molar refractivity (Wildman–Crippen MR) is 168 cm³/mol. The van der Waals surface area contributed by atoms with E-state index in [0.717, 1.165) is 21.2 Å². The number of nitrogens with zero attached hydrogens (tertiary/aromatic N) is 3. The highest BCUT2D eigenvalue weighted by Gasteiger charge is 2.34. The Balaban J connectivity index is 1.34. The van der Waals surface area contributed by atoms with Gasteiger partial charge in [0, 0.05) is 20.1 Å². The van der Waals surface area contributed by atoms with Gasteiger partial charge in [0.2, 0.25) is 0 Å². The number of furan rings is 1. The van der Waals surface area contributed by atoms with Crippen molar-refractivity contribution in [2.75, 3.05) is 7.11 Å². The van der Waals surface area contributed by atoms with Gasteiger partial charge in [0.1, 0.15) is 12.4 Å². The van der Waals surface area contributed by atoms with Crippen molar-refractivity contribution in [3.63, 3.8) is 0 Å². The zero-order valence-corrected chi connectivity index (χ0v) is 25.5. The molecule has 41 heavy (non-hydrogen) atoms. The molecule has 1 fully saturated rings. The maximum Gasteiger partial charge on any atom is 0.267 e. The van der Waals surface area contributed by atoms with Gasteiger partial charge in [0.05, 0.1) is 31.0 Å². The quantitative estimate of drug-likeness (QED) is 0.101. The van der Waals surface area contributed by atoms with E-state index in [-0.39, 0.29) is 19.1 Å². The summed E-state index contributed by atoms with van der Waals surface area (Å²) < 4.78 is 17.8. The number of amides is 1. The molecule has 1 aromatic heterocycles. The minimum Gasteiger partial charge on any atom is -0.493 e. The second-order valence-electron chi connectivity index (χ2n) is 8.70. The van der Waals surface area contributed by atoms with Crippen LogP contribution in [0.15, 0.2) is 103 Å². The average molecular weight is 671 g/mol. The van der Waals surface area contributed by atoms with Gasteiger partial charge in [-0.15, -0.1) is 5.10 Å². The minimum atomic E-state index is -0.177. The summed E-state index contributed by atoms with van der Waals surface area (Å²) in [5.74, 6) is 1.53. The summed E-state index contributed by atoms with van der Waals surface area (Å²) in [5.41, 5.74) is 2.43. The van der Waals surface area contributed by atoms with Crippen molar-refractivity contribution in [2.45, 2.75) is 13.2 Å². The maximum atomic E-state index is 13.3. The highest BCUT2D eigenvalue weighted by Crippen LogP contribution is 2.34. The van der Waals surface area contributed by atoms with E-state index in [0.29, 0.717) is 37.4 Å². The van der Waals surface area contributed by atoms with Crippen molar-refractivity contribution in [3.8, 4) is 11.5 Å². The Labute approximate surface area is 259 Å². The molecule has 1 saturated heterocycles. The third-order valence-electron chi connectivity index (χ3n) is 5.86. The van der Waals surface area contributed by atoms with Gasteiger partial charge in [0.15, 0.2) is 16.7 Å². The standard InChI is InChI=1S/C30H22BrCl2N3O4S/c1-38-27-13-20(7-10-26(27)40-18-21-8-9-23(32)15-25(21)33)16-34-35-30-36(17-24-6-3-11-39-24)29(37)28(41-30)14-19-4-2-5-22(31)12-19/h2-16H,17-18H2,1H3/b28-14-,34-16-,35-30+. The molecule has 0 spiro atoms. The third-order valence-corrected chi connectivity index (χ3v) is 7.94. The van der Waals surface area contributed by atoms with Crippen LogP contribution >= 0.6 is 50.9 Å². The summed E-state index contributed by atoms with van der Waals surface area (Å²) in [7, 11) is 1.56. The molecule has 0 N–H and O–H groups in total. The Morgan fingerprint density at radius 1 is 1.02 bits per heavy atom. The number of hydrogen-bond donors (Lipinski definition) is 0. The lowest BCUT2D eigenvalue weighted by atomic mass is 10.2. The predicted octanol–water partition coefficient (Wildman–Crippen LogP) is 8.44. The zero-order valence-electron chi connectivity index (χ0n) is 21.6. The number of thioether (sulfide) groups is 1. The molecule has 11 heteroatoms. The number of methoxy groups -OCH3 is 1. The molecule has 0 unspecified atom stereocenters. The molecule has 0 aliphatic carbocycles.